The summed E-state index contributed by atoms with van der Waals surface area (Å²) in [5, 5.41) is 0. The van der Waals surface area contributed by atoms with Crippen molar-refractivity contribution in [3.05, 3.63) is 48.8 Å². The van der Waals surface area contributed by atoms with Crippen molar-refractivity contribution < 1.29 is 19.5 Å². The van der Waals surface area contributed by atoms with Crippen LogP contribution in [0.4, 0.5) is 0 Å². The summed E-state index contributed by atoms with van der Waals surface area (Å²) >= 11 is 0. The van der Waals surface area contributed by atoms with Gasteiger partial charge >= 0.3 is 0 Å². The molecule has 2 aromatic rings. The van der Waals surface area contributed by atoms with Gasteiger partial charge in [0.05, 0.1) is 11.4 Å². The van der Waals surface area contributed by atoms with Crippen molar-refractivity contribution in [2.45, 2.75) is 0 Å². The van der Waals surface area contributed by atoms with Crippen molar-refractivity contribution in [1.82, 2.24) is 9.97 Å². The Hall–Kier alpha value is -1.08. The van der Waals surface area contributed by atoms with Gasteiger partial charge in [0.15, 0.2) is 0 Å². The normalized spacial score (nSPS) is 8.92. The Kier molecular flexibility index (Phi) is 3.72. The third kappa shape index (κ3) is 2.43. The van der Waals surface area contributed by atoms with Gasteiger partial charge in [0.1, 0.15) is 0 Å². The fraction of sp³-hybridized carbons (Fsp3) is 0. The first kappa shape index (κ1) is 10.0. The van der Waals surface area contributed by atoms with Gasteiger partial charge in [-0.15, -0.1) is 0 Å². The molecule has 2 rings (SSSR count). The van der Waals surface area contributed by atoms with Crippen LogP contribution in [0.15, 0.2) is 48.8 Å². The van der Waals surface area contributed by atoms with Crippen LogP contribution in [0.1, 0.15) is 0 Å². The molecule has 0 saturated heterocycles. The molecule has 0 aliphatic rings. The largest absolute Gasteiger partial charge is 0.255 e. The maximum atomic E-state index is 4.19. The molecule has 2 aromatic heterocycles. The summed E-state index contributed by atoms with van der Waals surface area (Å²) in [5.74, 6) is 0. The summed E-state index contributed by atoms with van der Waals surface area (Å²) in [5.41, 5.74) is 1.83. The SMILES string of the molecule is [Ru].c1ccc(-c2ccccn2)nc1. The van der Waals surface area contributed by atoms with Crippen molar-refractivity contribution in [1.29, 1.82) is 0 Å². The van der Waals surface area contributed by atoms with Gasteiger partial charge in [-0.05, 0) is 24.3 Å². The molecule has 3 heteroatoms. The van der Waals surface area contributed by atoms with Crippen LogP contribution in [0.5, 0.6) is 0 Å². The molecule has 0 fully saturated rings. The van der Waals surface area contributed by atoms with Gasteiger partial charge in [0.25, 0.3) is 0 Å². The standard InChI is InChI=1S/C10H8N2.Ru/c1-3-7-11-9(5-1)10-6-2-4-8-12-10;/h1-8H;. The van der Waals surface area contributed by atoms with Crippen LogP contribution in [0.2, 0.25) is 0 Å². The fourth-order valence-corrected chi connectivity index (χ4v) is 1.03. The first-order chi connectivity index (χ1) is 5.97. The van der Waals surface area contributed by atoms with Gasteiger partial charge in [-0.1, -0.05) is 12.1 Å². The third-order valence-corrected chi connectivity index (χ3v) is 1.59. The summed E-state index contributed by atoms with van der Waals surface area (Å²) < 4.78 is 0. The van der Waals surface area contributed by atoms with E-state index in [4.69, 9.17) is 0 Å². The second-order valence-electron chi connectivity index (χ2n) is 2.43. The Labute approximate surface area is 89.8 Å². The zero-order valence-electron chi connectivity index (χ0n) is 6.87. The Morgan fingerprint density at radius 2 is 1.15 bits per heavy atom. The average Bonchev–Trinajstić information content (AvgIpc) is 2.21. The van der Waals surface area contributed by atoms with Crippen molar-refractivity contribution in [2.24, 2.45) is 0 Å². The monoisotopic (exact) mass is 258 g/mol. The van der Waals surface area contributed by atoms with Crippen molar-refractivity contribution in [3.63, 3.8) is 0 Å². The number of pyridine rings is 2. The van der Waals surface area contributed by atoms with Crippen molar-refractivity contribution in [3.8, 4) is 11.4 Å². The number of hydrogen-bond donors (Lipinski definition) is 0. The van der Waals surface area contributed by atoms with Crippen LogP contribution in [-0.2, 0) is 19.5 Å². The molecular formula is C10H8N2Ru. The summed E-state index contributed by atoms with van der Waals surface area (Å²) in [6.07, 6.45) is 3.54. The average molecular weight is 257 g/mol. The topological polar surface area (TPSA) is 25.8 Å². The molecule has 66 valence electrons. The maximum absolute atomic E-state index is 4.19. The molecule has 0 aliphatic heterocycles. The predicted molar refractivity (Wildman–Crippen MR) is 47.5 cm³/mol. The molecule has 0 aromatic carbocycles. The van der Waals surface area contributed by atoms with E-state index in [9.17, 15) is 0 Å². The molecule has 13 heavy (non-hydrogen) atoms. The molecule has 0 spiro atoms. The second-order valence-corrected chi connectivity index (χ2v) is 2.43. The molecule has 0 amide bonds. The summed E-state index contributed by atoms with van der Waals surface area (Å²) in [6, 6.07) is 11.6. The molecule has 2 nitrogen and oxygen atoms in total. The number of hydrogen-bond acceptors (Lipinski definition) is 2. The minimum Gasteiger partial charge on any atom is -0.255 e. The maximum Gasteiger partial charge on any atom is 0.0886 e. The Balaban J connectivity index is 0.000000845. The van der Waals surface area contributed by atoms with Crippen LogP contribution in [0, 0.1) is 0 Å². The molecule has 0 radical (unpaired) electrons. The van der Waals surface area contributed by atoms with Gasteiger partial charge in [0.2, 0.25) is 0 Å². The fourth-order valence-electron chi connectivity index (χ4n) is 1.03. The Morgan fingerprint density at radius 3 is 1.46 bits per heavy atom. The van der Waals surface area contributed by atoms with E-state index in [1.807, 2.05) is 36.4 Å². The van der Waals surface area contributed by atoms with E-state index in [0.29, 0.717) is 0 Å². The quantitative estimate of drug-likeness (QED) is 0.731. The Morgan fingerprint density at radius 1 is 0.692 bits per heavy atom. The summed E-state index contributed by atoms with van der Waals surface area (Å²) in [7, 11) is 0. The third-order valence-electron chi connectivity index (χ3n) is 1.59. The smallest absolute Gasteiger partial charge is 0.0886 e. The molecular weight excluding hydrogens is 249 g/mol. The summed E-state index contributed by atoms with van der Waals surface area (Å²) in [4.78, 5) is 8.37. The predicted octanol–water partition coefficient (Wildman–Crippen LogP) is 2.14. The van der Waals surface area contributed by atoms with E-state index in [-0.39, 0.29) is 19.5 Å². The second kappa shape index (κ2) is 4.83. The van der Waals surface area contributed by atoms with Crippen LogP contribution in [0.3, 0.4) is 0 Å². The van der Waals surface area contributed by atoms with E-state index in [1.54, 1.807) is 12.4 Å². The molecule has 2 heterocycles. The van der Waals surface area contributed by atoms with Gasteiger partial charge in [-0.2, -0.15) is 0 Å². The van der Waals surface area contributed by atoms with Gasteiger partial charge in [-0.25, -0.2) is 0 Å². The van der Waals surface area contributed by atoms with Crippen molar-refractivity contribution >= 4 is 0 Å². The van der Waals surface area contributed by atoms with Crippen LogP contribution in [-0.4, -0.2) is 9.97 Å². The molecule has 0 unspecified atom stereocenters. The van der Waals surface area contributed by atoms with Crippen LogP contribution >= 0.6 is 0 Å². The van der Waals surface area contributed by atoms with Crippen LogP contribution in [0.25, 0.3) is 11.4 Å². The summed E-state index contributed by atoms with van der Waals surface area (Å²) in [6.45, 7) is 0. The first-order valence-electron chi connectivity index (χ1n) is 3.79. The van der Waals surface area contributed by atoms with Gasteiger partial charge in [-0.3, -0.25) is 9.97 Å². The number of aromatic nitrogens is 2. The zero-order valence-corrected chi connectivity index (χ0v) is 8.60. The molecule has 0 aliphatic carbocycles. The number of nitrogens with zero attached hydrogens (tertiary/aromatic N) is 2. The molecule has 0 N–H and O–H groups in total. The van der Waals surface area contributed by atoms with Crippen LogP contribution < -0.4 is 0 Å². The molecule has 0 bridgehead atoms. The van der Waals surface area contributed by atoms with Gasteiger partial charge < -0.3 is 0 Å². The minimum absolute atomic E-state index is 0. The van der Waals surface area contributed by atoms with E-state index in [0.717, 1.165) is 11.4 Å². The van der Waals surface area contributed by atoms with E-state index < -0.39 is 0 Å². The molecule has 0 atom stereocenters. The molecule has 0 saturated carbocycles. The zero-order chi connectivity index (χ0) is 8.23. The van der Waals surface area contributed by atoms with E-state index in [2.05, 4.69) is 9.97 Å². The number of rotatable bonds is 1. The van der Waals surface area contributed by atoms with E-state index in [1.165, 1.54) is 0 Å². The Bertz CT molecular complexity index is 310. The van der Waals surface area contributed by atoms with Gasteiger partial charge in [0, 0.05) is 31.9 Å². The van der Waals surface area contributed by atoms with Crippen molar-refractivity contribution in [2.75, 3.05) is 0 Å². The first-order valence-corrected chi connectivity index (χ1v) is 3.79. The van der Waals surface area contributed by atoms with E-state index >= 15 is 0 Å². The minimum atomic E-state index is 0.